The second-order valence-electron chi connectivity index (χ2n) is 2.52. The van der Waals surface area contributed by atoms with E-state index in [4.69, 9.17) is 15.5 Å². The molecule has 1 heterocycles. The molecule has 1 saturated heterocycles. The molecule has 1 aliphatic rings. The van der Waals surface area contributed by atoms with Crippen LogP contribution in [0.3, 0.4) is 0 Å². The van der Waals surface area contributed by atoms with Crippen LogP contribution in [-0.2, 0) is 4.74 Å². The second-order valence-corrected chi connectivity index (χ2v) is 2.52. The molecule has 3 atom stereocenters. The minimum atomic E-state index is -0.774. The predicted molar refractivity (Wildman–Crippen MR) is 38.2 cm³/mol. The highest BCUT2D eigenvalue weighted by atomic mass is 16.6. The van der Waals surface area contributed by atoms with Crippen molar-refractivity contribution in [1.29, 1.82) is 0 Å². The molecular formula is C5H10N4O3. The zero-order chi connectivity index (χ0) is 8.97. The number of aliphatic hydroxyl groups excluding tert-OH is 1. The first kappa shape index (κ1) is 9.24. The molecule has 7 nitrogen and oxygen atoms in total. The molecule has 0 aromatic heterocycles. The molecule has 1 unspecified atom stereocenters. The second kappa shape index (κ2) is 4.24. The van der Waals surface area contributed by atoms with Crippen LogP contribution in [0.5, 0.6) is 0 Å². The van der Waals surface area contributed by atoms with Gasteiger partial charge in [-0.3, -0.25) is 0 Å². The van der Waals surface area contributed by atoms with Crippen molar-refractivity contribution < 1.29 is 15.1 Å². The monoisotopic (exact) mass is 174 g/mol. The first-order valence-corrected chi connectivity index (χ1v) is 3.52. The van der Waals surface area contributed by atoms with Gasteiger partial charge in [0.2, 0.25) is 0 Å². The molecule has 68 valence electrons. The van der Waals surface area contributed by atoms with E-state index >= 15 is 0 Å². The third-order valence-electron chi connectivity index (χ3n) is 1.67. The third kappa shape index (κ3) is 2.07. The maximum atomic E-state index is 9.18. The fraction of sp³-hybridized carbons (Fsp3) is 1.00. The van der Waals surface area contributed by atoms with Crippen LogP contribution in [0.4, 0.5) is 0 Å². The molecule has 3 N–H and O–H groups in total. The van der Waals surface area contributed by atoms with Gasteiger partial charge in [-0.1, -0.05) is 5.11 Å². The molecule has 1 aliphatic heterocycles. The molecule has 0 aromatic rings. The van der Waals surface area contributed by atoms with Crippen molar-refractivity contribution in [3.63, 3.8) is 0 Å². The SMILES string of the molecule is [N-]=[N+]=NC[C@@H]1C[C@H](O)C(NO)O1. The quantitative estimate of drug-likeness (QED) is 0.237. The summed E-state index contributed by atoms with van der Waals surface area (Å²) < 4.78 is 5.05. The van der Waals surface area contributed by atoms with Crippen LogP contribution in [0.15, 0.2) is 5.11 Å². The fourth-order valence-corrected chi connectivity index (χ4v) is 1.11. The third-order valence-corrected chi connectivity index (χ3v) is 1.67. The zero-order valence-electron chi connectivity index (χ0n) is 6.29. The smallest absolute Gasteiger partial charge is 0.156 e. The Hall–Kier alpha value is -0.850. The average molecular weight is 174 g/mol. The summed E-state index contributed by atoms with van der Waals surface area (Å²) >= 11 is 0. The normalized spacial score (nSPS) is 34.7. The van der Waals surface area contributed by atoms with E-state index in [0.29, 0.717) is 6.42 Å². The number of rotatable bonds is 3. The molecule has 0 spiro atoms. The number of aliphatic hydroxyl groups is 1. The van der Waals surface area contributed by atoms with E-state index in [0.717, 1.165) is 0 Å². The molecule has 0 aromatic carbocycles. The Labute approximate surface area is 68.5 Å². The van der Waals surface area contributed by atoms with Crippen LogP contribution in [0, 0.1) is 0 Å². The predicted octanol–water partition coefficient (Wildman–Crippen LogP) is -0.249. The van der Waals surface area contributed by atoms with Crippen LogP contribution in [0.1, 0.15) is 6.42 Å². The van der Waals surface area contributed by atoms with Gasteiger partial charge in [-0.2, -0.15) is 5.48 Å². The molecular weight excluding hydrogens is 164 g/mol. The first-order chi connectivity index (χ1) is 5.77. The Morgan fingerprint density at radius 1 is 1.75 bits per heavy atom. The lowest BCUT2D eigenvalue weighted by molar-refractivity contribution is -0.0768. The van der Waals surface area contributed by atoms with Gasteiger partial charge in [0, 0.05) is 11.3 Å². The molecule has 0 radical (unpaired) electrons. The summed E-state index contributed by atoms with van der Waals surface area (Å²) in [5, 5.41) is 20.9. The van der Waals surface area contributed by atoms with E-state index in [-0.39, 0.29) is 12.6 Å². The van der Waals surface area contributed by atoms with Crippen molar-refractivity contribution in [2.75, 3.05) is 6.54 Å². The molecule has 0 bridgehead atoms. The number of hydroxylamine groups is 1. The summed E-state index contributed by atoms with van der Waals surface area (Å²) in [5.74, 6) is 0. The van der Waals surface area contributed by atoms with Gasteiger partial charge in [0.05, 0.1) is 18.8 Å². The van der Waals surface area contributed by atoms with E-state index in [2.05, 4.69) is 10.0 Å². The van der Waals surface area contributed by atoms with Gasteiger partial charge in [-0.05, 0) is 5.53 Å². The zero-order valence-corrected chi connectivity index (χ0v) is 6.29. The number of hydrogen-bond acceptors (Lipinski definition) is 5. The maximum absolute atomic E-state index is 9.18. The minimum absolute atomic E-state index is 0.172. The molecule has 0 saturated carbocycles. The fourth-order valence-electron chi connectivity index (χ4n) is 1.11. The molecule has 1 fully saturated rings. The van der Waals surface area contributed by atoms with Gasteiger partial charge in [-0.25, -0.2) is 0 Å². The number of ether oxygens (including phenoxy) is 1. The Bertz CT molecular complexity index is 193. The lowest BCUT2D eigenvalue weighted by Gasteiger charge is -2.10. The van der Waals surface area contributed by atoms with Gasteiger partial charge < -0.3 is 15.1 Å². The summed E-state index contributed by atoms with van der Waals surface area (Å²) in [6.07, 6.45) is -1.49. The summed E-state index contributed by atoms with van der Waals surface area (Å²) in [4.78, 5) is 2.56. The van der Waals surface area contributed by atoms with E-state index in [9.17, 15) is 5.11 Å². The maximum Gasteiger partial charge on any atom is 0.156 e. The highest BCUT2D eigenvalue weighted by Gasteiger charge is 2.32. The average Bonchev–Trinajstić information content (AvgIpc) is 2.43. The highest BCUT2D eigenvalue weighted by Crippen LogP contribution is 2.18. The van der Waals surface area contributed by atoms with Crippen LogP contribution < -0.4 is 5.48 Å². The van der Waals surface area contributed by atoms with Crippen molar-refractivity contribution in [3.8, 4) is 0 Å². The number of nitrogens with zero attached hydrogens (tertiary/aromatic N) is 3. The molecule has 0 amide bonds. The van der Waals surface area contributed by atoms with Gasteiger partial charge in [0.1, 0.15) is 0 Å². The Morgan fingerprint density at radius 3 is 3.00 bits per heavy atom. The van der Waals surface area contributed by atoms with Crippen LogP contribution in [0.2, 0.25) is 0 Å². The first-order valence-electron chi connectivity index (χ1n) is 3.52. The molecule has 1 rings (SSSR count). The Balaban J connectivity index is 2.37. The van der Waals surface area contributed by atoms with Crippen molar-refractivity contribution >= 4 is 0 Å². The topological polar surface area (TPSA) is 110 Å². The largest absolute Gasteiger partial charge is 0.389 e. The van der Waals surface area contributed by atoms with Gasteiger partial charge in [0.15, 0.2) is 6.23 Å². The van der Waals surface area contributed by atoms with E-state index in [1.807, 2.05) is 5.48 Å². The van der Waals surface area contributed by atoms with E-state index in [1.54, 1.807) is 0 Å². The van der Waals surface area contributed by atoms with Crippen molar-refractivity contribution in [2.24, 2.45) is 5.11 Å². The van der Waals surface area contributed by atoms with Gasteiger partial charge >= 0.3 is 0 Å². The van der Waals surface area contributed by atoms with Crippen LogP contribution >= 0.6 is 0 Å². The molecule has 0 aliphatic carbocycles. The van der Waals surface area contributed by atoms with Gasteiger partial charge in [-0.15, -0.1) is 0 Å². The summed E-state index contributed by atoms with van der Waals surface area (Å²) in [6.45, 7) is 0.172. The summed E-state index contributed by atoms with van der Waals surface area (Å²) in [5.41, 5.74) is 9.80. The Morgan fingerprint density at radius 2 is 2.50 bits per heavy atom. The molecule has 7 heteroatoms. The van der Waals surface area contributed by atoms with Crippen LogP contribution in [0.25, 0.3) is 10.4 Å². The van der Waals surface area contributed by atoms with Crippen molar-refractivity contribution in [1.82, 2.24) is 5.48 Å². The standard InChI is InChI=1S/C5H10N4O3/c6-9-7-2-3-1-4(10)5(8-11)12-3/h3-5,8,10-11H,1-2H2/t3-,4-,5?/m0/s1. The number of hydrogen-bond donors (Lipinski definition) is 3. The van der Waals surface area contributed by atoms with Crippen molar-refractivity contribution in [3.05, 3.63) is 10.4 Å². The Kier molecular flexibility index (Phi) is 3.27. The summed E-state index contributed by atoms with van der Waals surface area (Å²) in [7, 11) is 0. The van der Waals surface area contributed by atoms with E-state index < -0.39 is 12.3 Å². The summed E-state index contributed by atoms with van der Waals surface area (Å²) in [6, 6.07) is 0. The number of azide groups is 1. The molecule has 12 heavy (non-hydrogen) atoms. The van der Waals surface area contributed by atoms with Gasteiger partial charge in [0.25, 0.3) is 0 Å². The number of nitrogens with one attached hydrogen (secondary N) is 1. The van der Waals surface area contributed by atoms with E-state index in [1.165, 1.54) is 0 Å². The minimum Gasteiger partial charge on any atom is -0.389 e. The lowest BCUT2D eigenvalue weighted by atomic mass is 10.2. The highest BCUT2D eigenvalue weighted by molar-refractivity contribution is 4.79. The van der Waals surface area contributed by atoms with Crippen LogP contribution in [-0.4, -0.2) is 35.3 Å². The lowest BCUT2D eigenvalue weighted by Crippen LogP contribution is -2.34. The van der Waals surface area contributed by atoms with Crippen molar-refractivity contribution in [2.45, 2.75) is 24.9 Å².